The molecule has 0 saturated heterocycles. The Bertz CT molecular complexity index is 1500. The van der Waals surface area contributed by atoms with Gasteiger partial charge in [0.25, 0.3) is 0 Å². The van der Waals surface area contributed by atoms with E-state index in [-0.39, 0.29) is 0 Å². The van der Waals surface area contributed by atoms with Gasteiger partial charge >= 0.3 is 0 Å². The smallest absolute Gasteiger partial charge is 0.139 e. The number of aryl methyl sites for hydroxylation is 1. The highest BCUT2D eigenvalue weighted by atomic mass is 14.9. The number of hydrogen-bond donors (Lipinski definition) is 1. The lowest BCUT2D eigenvalue weighted by molar-refractivity contribution is 1.32. The van der Waals surface area contributed by atoms with Gasteiger partial charge in [0.2, 0.25) is 0 Å². The summed E-state index contributed by atoms with van der Waals surface area (Å²) in [5.41, 5.74) is 6.64. The third kappa shape index (κ3) is 3.17. The van der Waals surface area contributed by atoms with Gasteiger partial charge in [0.1, 0.15) is 5.82 Å². The van der Waals surface area contributed by atoms with Crippen molar-refractivity contribution in [3.63, 3.8) is 0 Å². The number of nitrogens with one attached hydrogen (secondary N) is 1. The van der Waals surface area contributed by atoms with Gasteiger partial charge in [0.05, 0.1) is 11.4 Å². The first-order valence-corrected chi connectivity index (χ1v) is 10.9. The van der Waals surface area contributed by atoms with Crippen molar-refractivity contribution in [2.24, 2.45) is 0 Å². The summed E-state index contributed by atoms with van der Waals surface area (Å²) < 4.78 is 0. The number of H-pyrrole nitrogens is 1. The summed E-state index contributed by atoms with van der Waals surface area (Å²) in [6.45, 7) is 2.14. The lowest BCUT2D eigenvalue weighted by atomic mass is 9.98. The van der Waals surface area contributed by atoms with Crippen LogP contribution in [0.4, 0.5) is 0 Å². The molecule has 0 aliphatic carbocycles. The zero-order valence-corrected chi connectivity index (χ0v) is 17.8. The van der Waals surface area contributed by atoms with E-state index < -0.39 is 0 Å². The Morgan fingerprint density at radius 1 is 0.594 bits per heavy atom. The maximum atomic E-state index is 5.12. The second-order valence-electron chi connectivity index (χ2n) is 8.27. The normalized spacial score (nSPS) is 11.3. The summed E-state index contributed by atoms with van der Waals surface area (Å²) in [5, 5.41) is 4.94. The molecule has 1 N–H and O–H groups in total. The molecule has 0 fully saturated rings. The Kier molecular flexibility index (Phi) is 4.36. The third-order valence-electron chi connectivity index (χ3n) is 6.06. The fourth-order valence-corrected chi connectivity index (χ4v) is 4.47. The number of benzene rings is 5. The van der Waals surface area contributed by atoms with Crippen LogP contribution in [-0.4, -0.2) is 9.97 Å². The van der Waals surface area contributed by atoms with Crippen LogP contribution < -0.4 is 0 Å². The summed E-state index contributed by atoms with van der Waals surface area (Å²) in [4.78, 5) is 8.77. The van der Waals surface area contributed by atoms with Crippen molar-refractivity contribution in [3.05, 3.63) is 115 Å². The molecule has 0 bridgehead atoms. The molecule has 2 nitrogen and oxygen atoms in total. The third-order valence-corrected chi connectivity index (χ3v) is 6.06. The lowest BCUT2D eigenvalue weighted by Gasteiger charge is -2.07. The zero-order chi connectivity index (χ0) is 21.5. The minimum Gasteiger partial charge on any atom is -0.337 e. The summed E-state index contributed by atoms with van der Waals surface area (Å²) >= 11 is 0. The van der Waals surface area contributed by atoms with Gasteiger partial charge in [-0.15, -0.1) is 0 Å². The molecule has 1 aromatic heterocycles. The minimum absolute atomic E-state index is 0.889. The van der Waals surface area contributed by atoms with Crippen LogP contribution in [0.25, 0.3) is 55.4 Å². The van der Waals surface area contributed by atoms with Crippen LogP contribution in [0.15, 0.2) is 109 Å². The molecule has 0 spiro atoms. The fourth-order valence-electron chi connectivity index (χ4n) is 4.47. The van der Waals surface area contributed by atoms with Crippen LogP contribution in [0.1, 0.15) is 5.56 Å². The molecule has 6 rings (SSSR count). The zero-order valence-electron chi connectivity index (χ0n) is 17.8. The molecule has 0 saturated carbocycles. The predicted molar refractivity (Wildman–Crippen MR) is 135 cm³/mol. The molecule has 0 aliphatic heterocycles. The lowest BCUT2D eigenvalue weighted by Crippen LogP contribution is -1.85. The average molecular weight is 411 g/mol. The monoisotopic (exact) mass is 410 g/mol. The van der Waals surface area contributed by atoms with E-state index in [0.29, 0.717) is 0 Å². The molecule has 6 aromatic rings. The van der Waals surface area contributed by atoms with Crippen molar-refractivity contribution in [2.45, 2.75) is 6.92 Å². The Morgan fingerprint density at radius 2 is 1.34 bits per heavy atom. The summed E-state index contributed by atoms with van der Waals surface area (Å²) in [7, 11) is 0. The van der Waals surface area contributed by atoms with Crippen molar-refractivity contribution >= 4 is 21.5 Å². The second-order valence-corrected chi connectivity index (χ2v) is 8.27. The van der Waals surface area contributed by atoms with Gasteiger partial charge in [-0.2, -0.15) is 0 Å². The molecule has 1 heterocycles. The molecular weight excluding hydrogens is 388 g/mol. The molecule has 32 heavy (non-hydrogen) atoms. The van der Waals surface area contributed by atoms with Gasteiger partial charge in [0, 0.05) is 16.7 Å². The molecule has 0 amide bonds. The highest BCUT2D eigenvalue weighted by Gasteiger charge is 2.16. The summed E-state index contributed by atoms with van der Waals surface area (Å²) in [5.74, 6) is 0.889. The van der Waals surface area contributed by atoms with Gasteiger partial charge in [-0.25, -0.2) is 4.98 Å². The molecule has 0 atom stereocenters. The van der Waals surface area contributed by atoms with Crippen molar-refractivity contribution in [1.82, 2.24) is 9.97 Å². The predicted octanol–water partition coefficient (Wildman–Crippen LogP) is 8.03. The largest absolute Gasteiger partial charge is 0.337 e. The van der Waals surface area contributed by atoms with Crippen LogP contribution in [0, 0.1) is 6.92 Å². The van der Waals surface area contributed by atoms with Crippen molar-refractivity contribution in [3.8, 4) is 33.9 Å². The number of rotatable bonds is 3. The highest BCUT2D eigenvalue weighted by molar-refractivity contribution is 6.04. The van der Waals surface area contributed by atoms with Crippen molar-refractivity contribution < 1.29 is 0 Å². The van der Waals surface area contributed by atoms with Crippen LogP contribution in [0.3, 0.4) is 0 Å². The molecule has 0 radical (unpaired) electrons. The number of aromatic nitrogens is 2. The number of imidazole rings is 1. The van der Waals surface area contributed by atoms with Gasteiger partial charge in [-0.3, -0.25) is 0 Å². The Labute approximate surface area is 187 Å². The number of fused-ring (bicyclic) bond motifs is 2. The van der Waals surface area contributed by atoms with Crippen molar-refractivity contribution in [2.75, 3.05) is 0 Å². The van der Waals surface area contributed by atoms with E-state index in [2.05, 4.69) is 109 Å². The number of nitrogens with zero attached hydrogens (tertiary/aromatic N) is 1. The SMILES string of the molecule is Cc1ccc2cc3c(-c4nc(-c5ccccc5)c(-c5ccccc5)[nH]4)cccc3cc2c1. The number of aromatic amines is 1. The molecule has 0 aliphatic rings. The highest BCUT2D eigenvalue weighted by Crippen LogP contribution is 2.36. The molecule has 152 valence electrons. The van der Waals surface area contributed by atoms with Crippen molar-refractivity contribution in [1.29, 1.82) is 0 Å². The summed E-state index contributed by atoms with van der Waals surface area (Å²) in [6, 6.07) is 38.5. The maximum Gasteiger partial charge on any atom is 0.139 e. The van der Waals surface area contributed by atoms with Gasteiger partial charge in [-0.1, -0.05) is 103 Å². The van der Waals surface area contributed by atoms with Crippen LogP contribution in [0.5, 0.6) is 0 Å². The van der Waals surface area contributed by atoms with Crippen LogP contribution >= 0.6 is 0 Å². The van der Waals surface area contributed by atoms with E-state index in [0.717, 1.165) is 33.9 Å². The van der Waals surface area contributed by atoms with Crippen LogP contribution in [0.2, 0.25) is 0 Å². The van der Waals surface area contributed by atoms with E-state index in [4.69, 9.17) is 4.98 Å². The fraction of sp³-hybridized carbons (Fsp3) is 0.0333. The minimum atomic E-state index is 0.889. The molecule has 5 aromatic carbocycles. The Balaban J connectivity index is 1.60. The quantitative estimate of drug-likeness (QED) is 0.294. The Morgan fingerprint density at radius 3 is 2.12 bits per heavy atom. The van der Waals surface area contributed by atoms with Crippen LogP contribution in [-0.2, 0) is 0 Å². The topological polar surface area (TPSA) is 28.7 Å². The van der Waals surface area contributed by atoms with E-state index >= 15 is 0 Å². The van der Waals surface area contributed by atoms with Gasteiger partial charge < -0.3 is 4.98 Å². The number of hydrogen-bond acceptors (Lipinski definition) is 1. The van der Waals surface area contributed by atoms with E-state index in [9.17, 15) is 0 Å². The van der Waals surface area contributed by atoms with E-state index in [1.54, 1.807) is 0 Å². The first kappa shape index (κ1) is 18.6. The molecule has 2 heteroatoms. The Hall–Kier alpha value is -4.17. The van der Waals surface area contributed by atoms with E-state index in [1.807, 2.05) is 12.1 Å². The first-order chi connectivity index (χ1) is 15.8. The standard InChI is InChI=1S/C30H22N2/c1-20-15-16-23-19-27-24(18-25(23)17-20)13-8-14-26(27)30-31-28(21-9-4-2-5-10-21)29(32-30)22-11-6-3-7-12-22/h2-19H,1H3,(H,31,32). The second kappa shape index (κ2) is 7.51. The van der Waals surface area contributed by atoms with Gasteiger partial charge in [-0.05, 0) is 40.6 Å². The average Bonchev–Trinajstić information content (AvgIpc) is 3.29. The van der Waals surface area contributed by atoms with E-state index in [1.165, 1.54) is 27.1 Å². The maximum absolute atomic E-state index is 5.12. The summed E-state index contributed by atoms with van der Waals surface area (Å²) in [6.07, 6.45) is 0. The molecule has 0 unspecified atom stereocenters. The molecular formula is C30H22N2. The van der Waals surface area contributed by atoms with Gasteiger partial charge in [0.15, 0.2) is 0 Å². The first-order valence-electron chi connectivity index (χ1n) is 10.9.